The van der Waals surface area contributed by atoms with E-state index in [-0.39, 0.29) is 0 Å². The van der Waals surface area contributed by atoms with E-state index in [9.17, 15) is 0 Å². The first-order valence-corrected chi connectivity index (χ1v) is 21.5. The number of pyridine rings is 1. The molecule has 7 aromatic carbocycles. The maximum atomic E-state index is 5.41. The number of rotatable bonds is 12. The van der Waals surface area contributed by atoms with Crippen LogP contribution in [0.25, 0.3) is 84.5 Å². The molecule has 0 aliphatic carbocycles. The second-order valence-corrected chi connectivity index (χ2v) is 15.2. The summed E-state index contributed by atoms with van der Waals surface area (Å²) in [5.41, 5.74) is 15.5. The van der Waals surface area contributed by atoms with Crippen LogP contribution >= 0.6 is 0 Å². The Kier molecular flexibility index (Phi) is 13.0. The normalized spacial score (nSPS) is 12.9. The third-order valence-electron chi connectivity index (χ3n) is 11.3. The van der Waals surface area contributed by atoms with Gasteiger partial charge in [0.1, 0.15) is 0 Å². The van der Waals surface area contributed by atoms with Crippen molar-refractivity contribution in [1.29, 1.82) is 0 Å². The van der Waals surface area contributed by atoms with Gasteiger partial charge in [-0.15, -0.1) is 0 Å². The van der Waals surface area contributed by atoms with E-state index in [1.807, 2.05) is 42.5 Å². The standard InChI is InChI=1S/C61H50N2/c1-6-11-26-43(8-3)61(63-56(25-7-2)44-27-15-12-16-28-44)50-36-24-35-49(40-50)60-55-38-22-21-37-54(55)52(9-4)53(10-5)59(60)48-34-23-33-47(39-48)51-41-57(45-29-17-13-18-30-45)62-58(42-51)46-31-19-14-20-32-46/h6-42H,1-2H2,3-5H3/b26-11-,43-8+,52-9+,53-10+,56-25-,63-61+. The molecule has 8 aromatic rings. The summed E-state index contributed by atoms with van der Waals surface area (Å²) in [5.74, 6) is 0. The van der Waals surface area contributed by atoms with Crippen molar-refractivity contribution in [2.75, 3.05) is 0 Å². The van der Waals surface area contributed by atoms with Gasteiger partial charge in [0.25, 0.3) is 0 Å². The van der Waals surface area contributed by atoms with Gasteiger partial charge in [-0.25, -0.2) is 9.98 Å². The minimum atomic E-state index is 0.827. The van der Waals surface area contributed by atoms with Gasteiger partial charge >= 0.3 is 0 Å². The first kappa shape index (κ1) is 41.8. The lowest BCUT2D eigenvalue weighted by molar-refractivity contribution is 1.32. The third-order valence-corrected chi connectivity index (χ3v) is 11.3. The van der Waals surface area contributed by atoms with Crippen LogP contribution in [-0.2, 0) is 0 Å². The fourth-order valence-corrected chi connectivity index (χ4v) is 8.40. The second-order valence-electron chi connectivity index (χ2n) is 15.2. The lowest BCUT2D eigenvalue weighted by Crippen LogP contribution is -2.28. The van der Waals surface area contributed by atoms with E-state index in [1.165, 1.54) is 32.3 Å². The first-order valence-electron chi connectivity index (χ1n) is 21.5. The van der Waals surface area contributed by atoms with Gasteiger partial charge in [0.05, 0.1) is 22.8 Å². The Morgan fingerprint density at radius 1 is 0.476 bits per heavy atom. The average molecular weight is 811 g/mol. The summed E-state index contributed by atoms with van der Waals surface area (Å²) in [7, 11) is 0. The van der Waals surface area contributed by atoms with Crippen LogP contribution in [0.5, 0.6) is 0 Å². The molecule has 0 atom stereocenters. The van der Waals surface area contributed by atoms with Gasteiger partial charge in [0, 0.05) is 22.3 Å². The average Bonchev–Trinajstić information content (AvgIpc) is 3.35. The maximum absolute atomic E-state index is 5.41. The Hall–Kier alpha value is -7.94. The van der Waals surface area contributed by atoms with E-state index in [0.717, 1.165) is 72.9 Å². The van der Waals surface area contributed by atoms with E-state index in [1.54, 1.807) is 12.2 Å². The second kappa shape index (κ2) is 19.6. The molecule has 0 unspecified atom stereocenters. The van der Waals surface area contributed by atoms with Crippen LogP contribution < -0.4 is 10.4 Å². The van der Waals surface area contributed by atoms with Gasteiger partial charge in [-0.2, -0.15) is 0 Å². The number of fused-ring (bicyclic) bond motifs is 1. The zero-order valence-corrected chi connectivity index (χ0v) is 36.2. The van der Waals surface area contributed by atoms with Gasteiger partial charge in [-0.05, 0) is 111 Å². The maximum Gasteiger partial charge on any atom is 0.0778 e. The topological polar surface area (TPSA) is 25.2 Å². The van der Waals surface area contributed by atoms with Gasteiger partial charge in [0.2, 0.25) is 0 Å². The monoisotopic (exact) mass is 810 g/mol. The number of nitrogens with zero attached hydrogens (tertiary/aromatic N) is 2. The van der Waals surface area contributed by atoms with Crippen molar-refractivity contribution in [3.8, 4) is 55.9 Å². The van der Waals surface area contributed by atoms with E-state index in [2.05, 4.69) is 204 Å². The van der Waals surface area contributed by atoms with Crippen molar-refractivity contribution >= 4 is 34.3 Å². The van der Waals surface area contributed by atoms with Crippen LogP contribution in [0.15, 0.2) is 236 Å². The Labute approximate surface area is 372 Å². The highest BCUT2D eigenvalue weighted by atomic mass is 14.8. The van der Waals surface area contributed by atoms with Crippen LogP contribution in [0.1, 0.15) is 31.9 Å². The molecular weight excluding hydrogens is 761 g/mol. The Morgan fingerprint density at radius 2 is 1.02 bits per heavy atom. The van der Waals surface area contributed by atoms with Gasteiger partial charge in [0.15, 0.2) is 0 Å². The van der Waals surface area contributed by atoms with Crippen molar-refractivity contribution in [2.45, 2.75) is 20.8 Å². The Morgan fingerprint density at radius 3 is 1.62 bits per heavy atom. The number of aromatic nitrogens is 1. The fourth-order valence-electron chi connectivity index (χ4n) is 8.40. The smallest absolute Gasteiger partial charge is 0.0778 e. The lowest BCUT2D eigenvalue weighted by Gasteiger charge is -2.19. The first-order chi connectivity index (χ1) is 31.0. The molecule has 1 heterocycles. The zero-order valence-electron chi connectivity index (χ0n) is 36.2. The molecular formula is C61H50N2. The molecule has 0 amide bonds. The summed E-state index contributed by atoms with van der Waals surface area (Å²) in [6.45, 7) is 14.3. The van der Waals surface area contributed by atoms with E-state index in [0.29, 0.717) is 0 Å². The molecule has 0 bridgehead atoms. The third kappa shape index (κ3) is 8.93. The SMILES string of the molecule is C=C\C=C/C(=C\C)C(=N\C(=C/C=C)c1ccccc1)/c1cccc(-c2c(-c3cccc(-c4cc(-c5ccccc5)nc(-c5ccccc5)c4)c3)c(=C/C)/c(=C\C)c3ccccc23)c1. The Bertz CT molecular complexity index is 3140. The van der Waals surface area contributed by atoms with Crippen molar-refractivity contribution in [1.82, 2.24) is 4.98 Å². The molecule has 0 spiro atoms. The molecule has 0 fully saturated rings. The highest BCUT2D eigenvalue weighted by Crippen LogP contribution is 2.38. The summed E-state index contributed by atoms with van der Waals surface area (Å²) < 4.78 is 0. The molecule has 1 aromatic heterocycles. The minimum absolute atomic E-state index is 0.827. The van der Waals surface area contributed by atoms with E-state index >= 15 is 0 Å². The summed E-state index contributed by atoms with van der Waals surface area (Å²) in [4.78, 5) is 10.6. The molecule has 0 N–H and O–H groups in total. The predicted molar refractivity (Wildman–Crippen MR) is 273 cm³/mol. The number of aliphatic imine (C=N–C) groups is 1. The fraction of sp³-hybridized carbons (Fsp3) is 0.0492. The molecule has 0 aliphatic heterocycles. The number of benzene rings is 7. The van der Waals surface area contributed by atoms with Crippen LogP contribution in [0, 0.1) is 0 Å². The predicted octanol–water partition coefficient (Wildman–Crippen LogP) is 14.9. The molecule has 8 rings (SSSR count). The van der Waals surface area contributed by atoms with Crippen LogP contribution in [-0.4, -0.2) is 10.7 Å². The highest BCUT2D eigenvalue weighted by molar-refractivity contribution is 6.17. The van der Waals surface area contributed by atoms with Gasteiger partial charge in [-0.1, -0.05) is 207 Å². The quantitative estimate of drug-likeness (QED) is 0.0891. The molecule has 2 nitrogen and oxygen atoms in total. The van der Waals surface area contributed by atoms with Crippen molar-refractivity contribution in [2.24, 2.45) is 4.99 Å². The largest absolute Gasteiger partial charge is 0.248 e. The number of hydrogen-bond acceptors (Lipinski definition) is 2. The molecule has 0 saturated carbocycles. The summed E-state index contributed by atoms with van der Waals surface area (Å²) in [6, 6.07) is 62.2. The molecule has 0 radical (unpaired) electrons. The summed E-state index contributed by atoms with van der Waals surface area (Å²) >= 11 is 0. The molecule has 2 heteroatoms. The van der Waals surface area contributed by atoms with Crippen LogP contribution in [0.3, 0.4) is 0 Å². The molecule has 0 aliphatic rings. The van der Waals surface area contributed by atoms with E-state index in [4.69, 9.17) is 9.98 Å². The summed E-state index contributed by atoms with van der Waals surface area (Å²) in [6.07, 6.45) is 16.2. The number of hydrogen-bond donors (Lipinski definition) is 0. The van der Waals surface area contributed by atoms with Crippen LogP contribution in [0.4, 0.5) is 0 Å². The summed E-state index contributed by atoms with van der Waals surface area (Å²) in [5, 5.41) is 4.80. The molecule has 0 saturated heterocycles. The Balaban J connectivity index is 1.39. The van der Waals surface area contributed by atoms with Crippen LogP contribution in [0.2, 0.25) is 0 Å². The highest BCUT2D eigenvalue weighted by Gasteiger charge is 2.19. The molecule has 63 heavy (non-hydrogen) atoms. The van der Waals surface area contributed by atoms with E-state index < -0.39 is 0 Å². The van der Waals surface area contributed by atoms with Gasteiger partial charge < -0.3 is 0 Å². The van der Waals surface area contributed by atoms with Crippen molar-refractivity contribution in [3.05, 3.63) is 253 Å². The lowest BCUT2D eigenvalue weighted by atomic mass is 9.85. The van der Waals surface area contributed by atoms with Crippen molar-refractivity contribution in [3.63, 3.8) is 0 Å². The number of allylic oxidation sites excluding steroid dienone is 7. The minimum Gasteiger partial charge on any atom is -0.248 e. The van der Waals surface area contributed by atoms with Gasteiger partial charge in [-0.3, -0.25) is 0 Å². The zero-order chi connectivity index (χ0) is 43.5. The molecule has 304 valence electrons. The van der Waals surface area contributed by atoms with Crippen molar-refractivity contribution < 1.29 is 0 Å².